The molecule has 0 fully saturated rings. The van der Waals surface area contributed by atoms with Crippen LogP contribution >= 0.6 is 0 Å². The van der Waals surface area contributed by atoms with Crippen LogP contribution in [0.15, 0.2) is 48.7 Å². The van der Waals surface area contributed by atoms with E-state index in [9.17, 15) is 0 Å². The summed E-state index contributed by atoms with van der Waals surface area (Å²) in [4.78, 5) is 4.30. The summed E-state index contributed by atoms with van der Waals surface area (Å²) in [5.74, 6) is 0. The van der Waals surface area contributed by atoms with Crippen LogP contribution in [0.5, 0.6) is 0 Å². The lowest BCUT2D eigenvalue weighted by molar-refractivity contribution is 0.545. The van der Waals surface area contributed by atoms with Crippen LogP contribution in [0.1, 0.15) is 23.7 Å². The van der Waals surface area contributed by atoms with Crippen molar-refractivity contribution in [2.45, 2.75) is 32.9 Å². The van der Waals surface area contributed by atoms with Gasteiger partial charge in [0.1, 0.15) is 0 Å². The lowest BCUT2D eigenvalue weighted by Crippen LogP contribution is -2.27. The lowest BCUT2D eigenvalue weighted by atomic mass is 10.1. The van der Waals surface area contributed by atoms with Gasteiger partial charge >= 0.3 is 0 Å². The van der Waals surface area contributed by atoms with Gasteiger partial charge < -0.3 is 5.32 Å². The van der Waals surface area contributed by atoms with Crippen molar-refractivity contribution in [1.29, 1.82) is 0 Å². The summed E-state index contributed by atoms with van der Waals surface area (Å²) in [7, 11) is 0. The van der Waals surface area contributed by atoms with Gasteiger partial charge in [-0.3, -0.25) is 4.98 Å². The fraction of sp³-hybridized carbons (Fsp3) is 0.312. The van der Waals surface area contributed by atoms with Crippen molar-refractivity contribution in [3.63, 3.8) is 0 Å². The molecule has 2 heteroatoms. The molecule has 1 unspecified atom stereocenters. The van der Waals surface area contributed by atoms with Crippen molar-refractivity contribution in [1.82, 2.24) is 10.3 Å². The fourth-order valence-corrected chi connectivity index (χ4v) is 1.93. The second-order valence-corrected chi connectivity index (χ2v) is 4.78. The minimum Gasteiger partial charge on any atom is -0.310 e. The van der Waals surface area contributed by atoms with Crippen molar-refractivity contribution < 1.29 is 0 Å². The molecule has 0 aliphatic heterocycles. The molecule has 0 bridgehead atoms. The number of nitrogens with one attached hydrogen (secondary N) is 1. The molecule has 1 aromatic heterocycles. The summed E-state index contributed by atoms with van der Waals surface area (Å²) in [6, 6.07) is 15.2. The maximum absolute atomic E-state index is 4.30. The SMILES string of the molecule is Cc1ccc(CNC(C)Cc2ccccc2)cn1. The molecule has 18 heavy (non-hydrogen) atoms. The average Bonchev–Trinajstić information content (AvgIpc) is 2.39. The van der Waals surface area contributed by atoms with Gasteiger partial charge in [0, 0.05) is 24.5 Å². The molecule has 94 valence electrons. The quantitative estimate of drug-likeness (QED) is 0.868. The highest BCUT2D eigenvalue weighted by molar-refractivity contribution is 5.16. The third kappa shape index (κ3) is 3.97. The molecule has 0 saturated heterocycles. The Morgan fingerprint density at radius 2 is 1.83 bits per heavy atom. The Bertz CT molecular complexity index is 462. The van der Waals surface area contributed by atoms with E-state index in [1.54, 1.807) is 0 Å². The van der Waals surface area contributed by atoms with Gasteiger partial charge in [0.2, 0.25) is 0 Å². The van der Waals surface area contributed by atoms with Crippen molar-refractivity contribution in [3.05, 3.63) is 65.5 Å². The molecule has 0 saturated carbocycles. The van der Waals surface area contributed by atoms with Crippen LogP contribution in [0.4, 0.5) is 0 Å². The van der Waals surface area contributed by atoms with Crippen LogP contribution in [0.3, 0.4) is 0 Å². The predicted molar refractivity (Wildman–Crippen MR) is 75.4 cm³/mol. The maximum atomic E-state index is 4.30. The molecule has 2 rings (SSSR count). The summed E-state index contributed by atoms with van der Waals surface area (Å²) in [6.07, 6.45) is 3.00. The second-order valence-electron chi connectivity index (χ2n) is 4.78. The molecular weight excluding hydrogens is 220 g/mol. The van der Waals surface area contributed by atoms with Crippen molar-refractivity contribution in [2.75, 3.05) is 0 Å². The van der Waals surface area contributed by atoms with E-state index < -0.39 is 0 Å². The smallest absolute Gasteiger partial charge is 0.0372 e. The first-order chi connectivity index (χ1) is 8.74. The van der Waals surface area contributed by atoms with Gasteiger partial charge in [-0.2, -0.15) is 0 Å². The van der Waals surface area contributed by atoms with Crippen molar-refractivity contribution >= 4 is 0 Å². The normalized spacial score (nSPS) is 12.3. The number of nitrogens with zero attached hydrogens (tertiary/aromatic N) is 1. The van der Waals surface area contributed by atoms with Crippen molar-refractivity contribution in [3.8, 4) is 0 Å². The van der Waals surface area contributed by atoms with Gasteiger partial charge in [0.15, 0.2) is 0 Å². The van der Waals surface area contributed by atoms with E-state index in [2.05, 4.69) is 59.7 Å². The van der Waals surface area contributed by atoms with Gasteiger partial charge in [-0.25, -0.2) is 0 Å². The summed E-state index contributed by atoms with van der Waals surface area (Å²) >= 11 is 0. The molecule has 2 aromatic rings. The predicted octanol–water partition coefficient (Wildman–Crippen LogP) is 3.11. The minimum absolute atomic E-state index is 0.466. The number of hydrogen-bond acceptors (Lipinski definition) is 2. The molecule has 0 aliphatic rings. The monoisotopic (exact) mass is 240 g/mol. The van der Waals surface area contributed by atoms with E-state index in [4.69, 9.17) is 0 Å². The average molecular weight is 240 g/mol. The third-order valence-electron chi connectivity index (χ3n) is 3.01. The molecule has 0 aliphatic carbocycles. The Balaban J connectivity index is 1.81. The van der Waals surface area contributed by atoms with Gasteiger partial charge in [0.05, 0.1) is 0 Å². The zero-order valence-electron chi connectivity index (χ0n) is 11.1. The molecule has 2 nitrogen and oxygen atoms in total. The van der Waals surface area contributed by atoms with E-state index in [-0.39, 0.29) is 0 Å². The highest BCUT2D eigenvalue weighted by Crippen LogP contribution is 2.04. The zero-order chi connectivity index (χ0) is 12.8. The Kier molecular flexibility index (Phi) is 4.48. The van der Waals surface area contributed by atoms with E-state index in [1.807, 2.05) is 13.1 Å². The first kappa shape index (κ1) is 12.8. The van der Waals surface area contributed by atoms with E-state index in [0.717, 1.165) is 18.7 Å². The Hall–Kier alpha value is -1.67. The Morgan fingerprint density at radius 3 is 2.50 bits per heavy atom. The van der Waals surface area contributed by atoms with Crippen LogP contribution < -0.4 is 5.32 Å². The van der Waals surface area contributed by atoms with Crippen LogP contribution in [0, 0.1) is 6.92 Å². The molecular formula is C16H20N2. The third-order valence-corrected chi connectivity index (χ3v) is 3.01. The van der Waals surface area contributed by atoms with Crippen molar-refractivity contribution in [2.24, 2.45) is 0 Å². The molecule has 1 N–H and O–H groups in total. The molecule has 1 atom stereocenters. The highest BCUT2D eigenvalue weighted by Gasteiger charge is 2.02. The van der Waals surface area contributed by atoms with E-state index >= 15 is 0 Å². The first-order valence-corrected chi connectivity index (χ1v) is 6.43. The van der Waals surface area contributed by atoms with Crippen LogP contribution in [0.2, 0.25) is 0 Å². The number of rotatable bonds is 5. The van der Waals surface area contributed by atoms with E-state index in [0.29, 0.717) is 6.04 Å². The van der Waals surface area contributed by atoms with Gasteiger partial charge in [0.25, 0.3) is 0 Å². The summed E-state index contributed by atoms with van der Waals surface area (Å²) < 4.78 is 0. The Labute approximate surface area is 109 Å². The summed E-state index contributed by atoms with van der Waals surface area (Å²) in [5, 5.41) is 3.53. The summed E-state index contributed by atoms with van der Waals surface area (Å²) in [6.45, 7) is 5.10. The number of benzene rings is 1. The van der Waals surface area contributed by atoms with Crippen LogP contribution in [0.25, 0.3) is 0 Å². The van der Waals surface area contributed by atoms with Gasteiger partial charge in [-0.1, -0.05) is 36.4 Å². The number of pyridine rings is 1. The molecule has 0 radical (unpaired) electrons. The molecule has 1 heterocycles. The summed E-state index contributed by atoms with van der Waals surface area (Å²) in [5.41, 5.74) is 3.68. The fourth-order valence-electron chi connectivity index (χ4n) is 1.93. The minimum atomic E-state index is 0.466. The Morgan fingerprint density at radius 1 is 1.06 bits per heavy atom. The standard InChI is InChI=1S/C16H20N2/c1-13-8-9-16(11-17-13)12-18-14(2)10-15-6-4-3-5-7-15/h3-9,11,14,18H,10,12H2,1-2H3. The largest absolute Gasteiger partial charge is 0.310 e. The molecule has 0 spiro atoms. The van der Waals surface area contributed by atoms with Crippen LogP contribution in [-0.4, -0.2) is 11.0 Å². The second kappa shape index (κ2) is 6.31. The van der Waals surface area contributed by atoms with Crippen LogP contribution in [-0.2, 0) is 13.0 Å². The maximum Gasteiger partial charge on any atom is 0.0372 e. The number of aryl methyl sites for hydroxylation is 1. The zero-order valence-corrected chi connectivity index (χ0v) is 11.1. The first-order valence-electron chi connectivity index (χ1n) is 6.43. The number of hydrogen-bond donors (Lipinski definition) is 1. The topological polar surface area (TPSA) is 24.9 Å². The van der Waals surface area contributed by atoms with Gasteiger partial charge in [-0.15, -0.1) is 0 Å². The molecule has 0 amide bonds. The molecule has 1 aromatic carbocycles. The van der Waals surface area contributed by atoms with Gasteiger partial charge in [-0.05, 0) is 37.5 Å². The highest BCUT2D eigenvalue weighted by atomic mass is 14.9. The van der Waals surface area contributed by atoms with E-state index in [1.165, 1.54) is 11.1 Å². The number of aromatic nitrogens is 1. The lowest BCUT2D eigenvalue weighted by Gasteiger charge is -2.13.